The van der Waals surface area contributed by atoms with Gasteiger partial charge >= 0.3 is 18.4 Å². The topological polar surface area (TPSA) is 44.8 Å². The molecule has 0 aliphatic heterocycles. The van der Waals surface area contributed by atoms with Gasteiger partial charge in [-0.25, -0.2) is 31.1 Å². The predicted octanol–water partition coefficient (Wildman–Crippen LogP) is 9.17. The summed E-state index contributed by atoms with van der Waals surface area (Å²) < 4.78 is 166. The lowest BCUT2D eigenvalue weighted by atomic mass is 10.0. The summed E-state index contributed by atoms with van der Waals surface area (Å²) in [6.07, 6.45) is -9.05. The van der Waals surface area contributed by atoms with Gasteiger partial charge in [0.2, 0.25) is 5.75 Å². The van der Waals surface area contributed by atoms with E-state index in [2.05, 4.69) is 9.47 Å². The van der Waals surface area contributed by atoms with Crippen molar-refractivity contribution in [1.29, 1.82) is 0 Å². The summed E-state index contributed by atoms with van der Waals surface area (Å²) in [5.74, 6) is -16.2. The first kappa shape index (κ1) is 32.6. The van der Waals surface area contributed by atoms with E-state index in [1.54, 1.807) is 12.1 Å². The van der Waals surface area contributed by atoms with Crippen molar-refractivity contribution >= 4 is 5.97 Å². The van der Waals surface area contributed by atoms with Crippen molar-refractivity contribution in [3.8, 4) is 28.4 Å². The van der Waals surface area contributed by atoms with E-state index < -0.39 is 87.3 Å². The molecule has 0 heterocycles. The van der Waals surface area contributed by atoms with E-state index in [9.17, 15) is 53.1 Å². The fourth-order valence-electron chi connectivity index (χ4n) is 5.02. The van der Waals surface area contributed by atoms with E-state index in [0.717, 1.165) is 24.0 Å². The SMILES string of the molecule is CC1Cc2ccc(C(=O)Oc3cc(F)c(-c4cc(F)c(C(F)(F)Oc5cc(F)c(OC(F)(F)F)c(F)c5)c(F)c4)c(F)c3)cc2C1. The quantitative estimate of drug-likeness (QED) is 0.113. The van der Waals surface area contributed by atoms with E-state index in [4.69, 9.17) is 4.74 Å². The smallest absolute Gasteiger partial charge is 0.429 e. The van der Waals surface area contributed by atoms with Gasteiger partial charge in [-0.1, -0.05) is 13.0 Å². The Labute approximate surface area is 251 Å². The van der Waals surface area contributed by atoms with Crippen LogP contribution in [-0.2, 0) is 19.0 Å². The van der Waals surface area contributed by atoms with Crippen molar-refractivity contribution in [3.63, 3.8) is 0 Å². The molecule has 4 nitrogen and oxygen atoms in total. The van der Waals surface area contributed by atoms with Crippen LogP contribution in [0.3, 0.4) is 0 Å². The van der Waals surface area contributed by atoms with Crippen LogP contribution in [0, 0.1) is 40.8 Å². The van der Waals surface area contributed by atoms with Gasteiger partial charge in [0, 0.05) is 24.3 Å². The molecule has 1 unspecified atom stereocenters. The number of halogens is 11. The number of fused-ring (bicyclic) bond motifs is 1. The molecule has 46 heavy (non-hydrogen) atoms. The standard InChI is InChI=1S/C31H17F11O4/c1-13-4-14-2-3-15(6-16(14)5-13)29(43)44-18-9-20(32)26(21(33)10-18)17-7-22(34)27(23(35)8-17)30(38,39)45-19-11-24(36)28(25(37)12-19)46-31(40,41)42/h2-3,6-13H,4-5H2,1H3. The van der Waals surface area contributed by atoms with Gasteiger partial charge in [0.1, 0.15) is 40.3 Å². The van der Waals surface area contributed by atoms with Gasteiger partial charge in [0.25, 0.3) is 0 Å². The molecular weight excluding hydrogens is 645 g/mol. The second-order valence-electron chi connectivity index (χ2n) is 10.3. The van der Waals surface area contributed by atoms with Gasteiger partial charge in [0.15, 0.2) is 11.6 Å². The predicted molar refractivity (Wildman–Crippen MR) is 137 cm³/mol. The van der Waals surface area contributed by atoms with Crippen LogP contribution in [-0.4, -0.2) is 12.3 Å². The summed E-state index contributed by atoms with van der Waals surface area (Å²) in [6.45, 7) is 2.03. The first-order valence-electron chi connectivity index (χ1n) is 13.1. The van der Waals surface area contributed by atoms with Crippen molar-refractivity contribution in [1.82, 2.24) is 0 Å². The second-order valence-corrected chi connectivity index (χ2v) is 10.3. The highest BCUT2D eigenvalue weighted by Gasteiger charge is 2.42. The highest BCUT2D eigenvalue weighted by Crippen LogP contribution is 2.40. The van der Waals surface area contributed by atoms with Gasteiger partial charge in [-0.2, -0.15) is 8.78 Å². The van der Waals surface area contributed by atoms with Gasteiger partial charge in [-0.05, 0) is 59.7 Å². The molecule has 5 rings (SSSR count). The van der Waals surface area contributed by atoms with Crippen molar-refractivity contribution in [2.24, 2.45) is 5.92 Å². The number of hydrogen-bond acceptors (Lipinski definition) is 4. The molecule has 1 aliphatic carbocycles. The minimum Gasteiger partial charge on any atom is -0.429 e. The Kier molecular flexibility index (Phi) is 8.38. The van der Waals surface area contributed by atoms with E-state index in [1.165, 1.54) is 6.07 Å². The fraction of sp³-hybridized carbons (Fsp3) is 0.194. The fourth-order valence-corrected chi connectivity index (χ4v) is 5.02. The summed E-state index contributed by atoms with van der Waals surface area (Å²) in [6, 6.07) is 5.77. The molecule has 0 radical (unpaired) electrons. The molecule has 0 saturated heterocycles. The van der Waals surface area contributed by atoms with Crippen molar-refractivity contribution in [3.05, 3.63) is 112 Å². The average Bonchev–Trinajstić information content (AvgIpc) is 3.28. The Morgan fingerprint density at radius 2 is 1.22 bits per heavy atom. The van der Waals surface area contributed by atoms with Gasteiger partial charge in [0.05, 0.1) is 11.1 Å². The lowest BCUT2D eigenvalue weighted by Crippen LogP contribution is -2.25. The van der Waals surface area contributed by atoms with E-state index in [1.807, 2.05) is 6.92 Å². The highest BCUT2D eigenvalue weighted by atomic mass is 19.4. The molecule has 15 heteroatoms. The number of esters is 1. The third-order valence-electron chi connectivity index (χ3n) is 6.86. The monoisotopic (exact) mass is 662 g/mol. The van der Waals surface area contributed by atoms with Crippen molar-refractivity contribution < 1.29 is 67.3 Å². The van der Waals surface area contributed by atoms with Crippen LogP contribution in [0.5, 0.6) is 17.2 Å². The summed E-state index contributed by atoms with van der Waals surface area (Å²) in [4.78, 5) is 12.6. The van der Waals surface area contributed by atoms with Crippen LogP contribution in [0.1, 0.15) is 34.0 Å². The third-order valence-corrected chi connectivity index (χ3v) is 6.86. The summed E-state index contributed by atoms with van der Waals surface area (Å²) >= 11 is 0. The number of alkyl halides is 5. The van der Waals surface area contributed by atoms with Crippen LogP contribution in [0.25, 0.3) is 11.1 Å². The highest BCUT2D eigenvalue weighted by molar-refractivity contribution is 5.91. The van der Waals surface area contributed by atoms with Gasteiger partial charge in [-0.15, -0.1) is 13.2 Å². The summed E-state index contributed by atoms with van der Waals surface area (Å²) in [5, 5.41) is 0. The Morgan fingerprint density at radius 3 is 1.78 bits per heavy atom. The normalized spacial score (nSPS) is 14.7. The number of carbonyl (C=O) groups is 1. The van der Waals surface area contributed by atoms with E-state index >= 15 is 0 Å². The van der Waals surface area contributed by atoms with Crippen LogP contribution >= 0.6 is 0 Å². The first-order valence-corrected chi connectivity index (χ1v) is 13.1. The molecule has 0 saturated carbocycles. The third kappa shape index (κ3) is 6.72. The molecule has 1 atom stereocenters. The first-order chi connectivity index (χ1) is 21.4. The van der Waals surface area contributed by atoms with Crippen LogP contribution in [0.2, 0.25) is 0 Å². The van der Waals surface area contributed by atoms with E-state index in [-0.39, 0.29) is 29.8 Å². The Hall–Kier alpha value is -4.82. The van der Waals surface area contributed by atoms with E-state index in [0.29, 0.717) is 18.1 Å². The molecule has 0 N–H and O–H groups in total. The number of ether oxygens (including phenoxy) is 3. The zero-order valence-corrected chi connectivity index (χ0v) is 23.0. The zero-order chi connectivity index (χ0) is 33.7. The van der Waals surface area contributed by atoms with Gasteiger partial charge in [-0.3, -0.25) is 0 Å². The van der Waals surface area contributed by atoms with Crippen molar-refractivity contribution in [2.45, 2.75) is 32.2 Å². The minimum atomic E-state index is -5.55. The number of carbonyl (C=O) groups excluding carboxylic acids is 1. The Bertz CT molecular complexity index is 1780. The lowest BCUT2D eigenvalue weighted by molar-refractivity contribution is -0.276. The van der Waals surface area contributed by atoms with Crippen LogP contribution in [0.15, 0.2) is 54.6 Å². The Balaban J connectivity index is 1.38. The zero-order valence-electron chi connectivity index (χ0n) is 23.0. The molecule has 0 bridgehead atoms. The van der Waals surface area contributed by atoms with Crippen LogP contribution < -0.4 is 14.2 Å². The molecule has 0 fully saturated rings. The second kappa shape index (κ2) is 11.8. The lowest BCUT2D eigenvalue weighted by Gasteiger charge is -2.21. The average molecular weight is 662 g/mol. The molecule has 4 aromatic rings. The largest absolute Gasteiger partial charge is 0.573 e. The minimum absolute atomic E-state index is 0.107. The maximum Gasteiger partial charge on any atom is 0.573 e. The number of benzene rings is 4. The summed E-state index contributed by atoms with van der Waals surface area (Å²) in [7, 11) is 0. The molecule has 0 aromatic heterocycles. The van der Waals surface area contributed by atoms with Crippen molar-refractivity contribution in [2.75, 3.05) is 0 Å². The van der Waals surface area contributed by atoms with Gasteiger partial charge < -0.3 is 14.2 Å². The molecule has 0 amide bonds. The molecule has 0 spiro atoms. The summed E-state index contributed by atoms with van der Waals surface area (Å²) in [5.41, 5.74) is -2.09. The molecular formula is C31H17F11O4. The molecule has 4 aromatic carbocycles. The maximum absolute atomic E-state index is 15.0. The Morgan fingerprint density at radius 1 is 0.674 bits per heavy atom. The number of hydrogen-bond donors (Lipinski definition) is 0. The molecule has 1 aliphatic rings. The number of rotatable bonds is 7. The maximum atomic E-state index is 15.0. The molecule has 242 valence electrons. The van der Waals surface area contributed by atoms with Crippen LogP contribution in [0.4, 0.5) is 48.3 Å².